The summed E-state index contributed by atoms with van der Waals surface area (Å²) < 4.78 is 23.8. The van der Waals surface area contributed by atoms with Crippen LogP contribution in [0, 0.1) is 5.92 Å². The van der Waals surface area contributed by atoms with Gasteiger partial charge in [-0.25, -0.2) is 0 Å². The fourth-order valence-electron chi connectivity index (χ4n) is 5.47. The number of nitrogens with zero attached hydrogens (tertiary/aromatic N) is 1. The Morgan fingerprint density at radius 3 is 2.51 bits per heavy atom. The van der Waals surface area contributed by atoms with Crippen molar-refractivity contribution in [2.75, 3.05) is 40.0 Å². The molecule has 1 N–H and O–H groups in total. The molecule has 206 valence electrons. The van der Waals surface area contributed by atoms with Gasteiger partial charge < -0.3 is 24.1 Å². The molecule has 0 saturated carbocycles. The molecule has 0 bridgehead atoms. The molecule has 39 heavy (non-hydrogen) atoms. The van der Waals surface area contributed by atoms with E-state index in [-0.39, 0.29) is 11.9 Å². The lowest BCUT2D eigenvalue weighted by molar-refractivity contribution is 0.146. The highest BCUT2D eigenvalue weighted by atomic mass is 16.5. The SMILES string of the molecule is COCCOc1ccc2c(c1)C(C)=C(c1cccc(O)c1)C(c1ccc(OCC(C)N3CCC(C)C3)cc1)O2. The van der Waals surface area contributed by atoms with E-state index in [1.54, 1.807) is 19.2 Å². The van der Waals surface area contributed by atoms with Gasteiger partial charge in [-0.2, -0.15) is 0 Å². The maximum atomic E-state index is 10.3. The Morgan fingerprint density at radius 1 is 1.00 bits per heavy atom. The van der Waals surface area contributed by atoms with E-state index >= 15 is 0 Å². The van der Waals surface area contributed by atoms with Crippen LogP contribution >= 0.6 is 0 Å². The molecule has 0 amide bonds. The van der Waals surface area contributed by atoms with Crippen molar-refractivity contribution in [2.45, 2.75) is 39.3 Å². The van der Waals surface area contributed by atoms with E-state index in [0.717, 1.165) is 64.1 Å². The molecule has 6 nitrogen and oxygen atoms in total. The van der Waals surface area contributed by atoms with Gasteiger partial charge in [0.1, 0.15) is 42.3 Å². The first-order chi connectivity index (χ1) is 18.9. The summed E-state index contributed by atoms with van der Waals surface area (Å²) >= 11 is 0. The van der Waals surface area contributed by atoms with E-state index in [2.05, 4.69) is 37.8 Å². The van der Waals surface area contributed by atoms with Gasteiger partial charge in [-0.15, -0.1) is 0 Å². The molecule has 0 aliphatic carbocycles. The Bertz CT molecular complexity index is 1300. The van der Waals surface area contributed by atoms with E-state index in [1.165, 1.54) is 6.42 Å². The summed E-state index contributed by atoms with van der Waals surface area (Å²) in [5.41, 5.74) is 5.01. The highest BCUT2D eigenvalue weighted by molar-refractivity contribution is 5.95. The van der Waals surface area contributed by atoms with Crippen molar-refractivity contribution >= 4 is 11.1 Å². The van der Waals surface area contributed by atoms with Crippen molar-refractivity contribution in [3.8, 4) is 23.0 Å². The summed E-state index contributed by atoms with van der Waals surface area (Å²) in [6.07, 6.45) is 0.929. The number of phenols is 1. The molecule has 3 atom stereocenters. The number of allylic oxidation sites excluding steroid dienone is 1. The van der Waals surface area contributed by atoms with Crippen molar-refractivity contribution < 1.29 is 24.1 Å². The van der Waals surface area contributed by atoms with Gasteiger partial charge in [0.25, 0.3) is 0 Å². The summed E-state index contributed by atoms with van der Waals surface area (Å²) in [5.74, 6) is 3.40. The van der Waals surface area contributed by atoms with E-state index < -0.39 is 0 Å². The maximum Gasteiger partial charge on any atom is 0.150 e. The van der Waals surface area contributed by atoms with Crippen LogP contribution in [0.2, 0.25) is 0 Å². The topological polar surface area (TPSA) is 60.4 Å². The van der Waals surface area contributed by atoms with Crippen molar-refractivity contribution in [3.63, 3.8) is 0 Å². The molecule has 6 heteroatoms. The van der Waals surface area contributed by atoms with Crippen LogP contribution in [0.25, 0.3) is 11.1 Å². The number of methoxy groups -OCH3 is 1. The van der Waals surface area contributed by atoms with Gasteiger partial charge in [0.05, 0.1) is 6.61 Å². The normalized spacial score (nSPS) is 19.9. The number of benzene rings is 3. The number of phenolic OH excluding ortho intramolecular Hbond substituents is 1. The molecule has 2 aliphatic rings. The molecule has 0 radical (unpaired) electrons. The first-order valence-corrected chi connectivity index (χ1v) is 13.8. The molecule has 5 rings (SSSR count). The number of ether oxygens (including phenoxy) is 4. The summed E-state index contributed by atoms with van der Waals surface area (Å²) in [6.45, 7) is 10.6. The van der Waals surface area contributed by atoms with E-state index in [1.807, 2.05) is 42.5 Å². The Morgan fingerprint density at radius 2 is 1.79 bits per heavy atom. The molecule has 3 aromatic rings. The summed E-state index contributed by atoms with van der Waals surface area (Å²) in [4.78, 5) is 2.51. The van der Waals surface area contributed by atoms with Crippen molar-refractivity contribution in [3.05, 3.63) is 83.4 Å². The van der Waals surface area contributed by atoms with E-state index in [0.29, 0.717) is 25.9 Å². The van der Waals surface area contributed by atoms with Gasteiger partial charge in [0.15, 0.2) is 0 Å². The molecule has 2 aliphatic heterocycles. The Kier molecular flexibility index (Phi) is 8.44. The molecule has 0 spiro atoms. The summed E-state index contributed by atoms with van der Waals surface area (Å²) in [7, 11) is 1.66. The fourth-order valence-corrected chi connectivity index (χ4v) is 5.47. The molecular weight excluding hydrogens is 490 g/mol. The molecular formula is C33H39NO5. The second kappa shape index (κ2) is 12.1. The predicted molar refractivity (Wildman–Crippen MR) is 155 cm³/mol. The molecule has 2 heterocycles. The van der Waals surface area contributed by atoms with Gasteiger partial charge in [0, 0.05) is 30.8 Å². The number of fused-ring (bicyclic) bond motifs is 1. The zero-order valence-corrected chi connectivity index (χ0v) is 23.4. The van der Waals surface area contributed by atoms with E-state index in [9.17, 15) is 5.11 Å². The number of hydrogen-bond acceptors (Lipinski definition) is 6. The zero-order chi connectivity index (χ0) is 27.4. The van der Waals surface area contributed by atoms with Crippen LogP contribution in [0.5, 0.6) is 23.0 Å². The smallest absolute Gasteiger partial charge is 0.150 e. The second-order valence-electron chi connectivity index (χ2n) is 10.7. The standard InChI is InChI=1S/C33H39NO5/c1-22-14-15-34(20-22)23(2)21-38-28-10-8-25(9-11-28)33-32(26-6-5-7-27(35)18-26)24(3)30-19-29(37-17-16-36-4)12-13-31(30)39-33/h5-13,18-19,22-23,33,35H,14-17,20-21H2,1-4H3. The minimum Gasteiger partial charge on any atom is -0.508 e. The lowest BCUT2D eigenvalue weighted by atomic mass is 9.86. The van der Waals surface area contributed by atoms with Crippen molar-refractivity contribution in [1.82, 2.24) is 4.90 Å². The van der Waals surface area contributed by atoms with Gasteiger partial charge >= 0.3 is 0 Å². The van der Waals surface area contributed by atoms with Crippen LogP contribution in [-0.4, -0.2) is 56.1 Å². The Hall–Kier alpha value is -3.48. The van der Waals surface area contributed by atoms with Crippen molar-refractivity contribution in [1.29, 1.82) is 0 Å². The predicted octanol–water partition coefficient (Wildman–Crippen LogP) is 6.59. The second-order valence-corrected chi connectivity index (χ2v) is 10.7. The van der Waals surface area contributed by atoms with Crippen LogP contribution < -0.4 is 14.2 Å². The number of rotatable bonds is 10. The third-order valence-corrected chi connectivity index (χ3v) is 7.73. The zero-order valence-electron chi connectivity index (χ0n) is 23.4. The average molecular weight is 530 g/mol. The van der Waals surface area contributed by atoms with Crippen LogP contribution in [0.4, 0.5) is 0 Å². The van der Waals surface area contributed by atoms with Crippen LogP contribution in [-0.2, 0) is 4.74 Å². The Balaban J connectivity index is 1.40. The summed E-state index contributed by atoms with van der Waals surface area (Å²) in [5, 5.41) is 10.3. The van der Waals surface area contributed by atoms with Crippen molar-refractivity contribution in [2.24, 2.45) is 5.92 Å². The third kappa shape index (κ3) is 6.23. The van der Waals surface area contributed by atoms with Gasteiger partial charge in [-0.3, -0.25) is 4.90 Å². The van der Waals surface area contributed by atoms with Crippen LogP contribution in [0.1, 0.15) is 50.0 Å². The quantitative estimate of drug-likeness (QED) is 0.299. The average Bonchev–Trinajstić information content (AvgIpc) is 3.38. The molecule has 3 aromatic carbocycles. The van der Waals surface area contributed by atoms with Crippen LogP contribution in [0.15, 0.2) is 66.7 Å². The largest absolute Gasteiger partial charge is 0.508 e. The van der Waals surface area contributed by atoms with Gasteiger partial charge in [0.2, 0.25) is 0 Å². The Labute approximate surface area is 231 Å². The molecule has 0 aromatic heterocycles. The third-order valence-electron chi connectivity index (χ3n) is 7.73. The van der Waals surface area contributed by atoms with E-state index in [4.69, 9.17) is 18.9 Å². The molecule has 1 saturated heterocycles. The maximum absolute atomic E-state index is 10.3. The molecule has 1 fully saturated rings. The number of likely N-dealkylation sites (tertiary alicyclic amines) is 1. The molecule has 3 unspecified atom stereocenters. The summed E-state index contributed by atoms with van der Waals surface area (Å²) in [6, 6.07) is 21.8. The lowest BCUT2D eigenvalue weighted by Crippen LogP contribution is -2.35. The monoisotopic (exact) mass is 529 g/mol. The number of hydrogen-bond donors (Lipinski definition) is 1. The van der Waals surface area contributed by atoms with Gasteiger partial charge in [-0.1, -0.05) is 31.2 Å². The minimum absolute atomic E-state index is 0.222. The number of aromatic hydroxyl groups is 1. The fraction of sp³-hybridized carbons (Fsp3) is 0.394. The first-order valence-electron chi connectivity index (χ1n) is 13.8. The lowest BCUT2D eigenvalue weighted by Gasteiger charge is -2.31. The minimum atomic E-state index is -0.335. The first kappa shape index (κ1) is 27.1. The van der Waals surface area contributed by atoms with Crippen LogP contribution in [0.3, 0.4) is 0 Å². The highest BCUT2D eigenvalue weighted by Crippen LogP contribution is 2.47. The highest BCUT2D eigenvalue weighted by Gasteiger charge is 2.30. The van der Waals surface area contributed by atoms with Gasteiger partial charge in [-0.05, 0) is 91.9 Å².